The quantitative estimate of drug-likeness (QED) is 0.607. The Balaban J connectivity index is 3.55. The van der Waals surface area contributed by atoms with E-state index in [9.17, 15) is 13.2 Å². The second-order valence-corrected chi connectivity index (χ2v) is 1.70. The maximum atomic E-state index is 11.4. The van der Waals surface area contributed by atoms with E-state index in [0.29, 0.717) is 0 Å². The molecule has 0 fully saturated rings. The lowest BCUT2D eigenvalue weighted by Gasteiger charge is -2.07. The fraction of sp³-hybridized carbons (Fsp3) is 0.333. The van der Waals surface area contributed by atoms with Gasteiger partial charge in [-0.3, -0.25) is 0 Å². The molecule has 0 saturated carbocycles. The van der Waals surface area contributed by atoms with Crippen LogP contribution in [-0.4, -0.2) is 12.7 Å². The van der Waals surface area contributed by atoms with Gasteiger partial charge in [-0.2, -0.15) is 13.2 Å². The van der Waals surface area contributed by atoms with E-state index in [2.05, 4.69) is 13.2 Å². The maximum Gasteiger partial charge on any atom is 0.405 e. The molecule has 10 heavy (non-hydrogen) atoms. The van der Waals surface area contributed by atoms with Gasteiger partial charge in [0.1, 0.15) is 6.54 Å². The Bertz CT molecular complexity index is 136. The molecule has 0 aliphatic heterocycles. The van der Waals surface area contributed by atoms with Crippen LogP contribution in [0.15, 0.2) is 24.9 Å². The summed E-state index contributed by atoms with van der Waals surface area (Å²) in [5.74, 6) is 0. The molecule has 0 saturated heterocycles. The largest absolute Gasteiger partial charge is 0.405 e. The van der Waals surface area contributed by atoms with Gasteiger partial charge in [0.2, 0.25) is 0 Å². The summed E-state index contributed by atoms with van der Waals surface area (Å²) in [7, 11) is 0. The highest BCUT2D eigenvalue weighted by Crippen LogP contribution is 2.12. The molecule has 0 spiro atoms. The smallest absolute Gasteiger partial charge is 0.377 e. The van der Waals surface area contributed by atoms with Crippen LogP contribution in [0.4, 0.5) is 13.2 Å². The molecule has 4 heteroatoms. The van der Waals surface area contributed by atoms with Gasteiger partial charge in [-0.1, -0.05) is 13.2 Å². The van der Waals surface area contributed by atoms with Gasteiger partial charge in [0.15, 0.2) is 0 Å². The number of halogens is 3. The van der Waals surface area contributed by atoms with Crippen LogP contribution in [0.3, 0.4) is 0 Å². The van der Waals surface area contributed by atoms with Gasteiger partial charge in [-0.05, 0) is 6.08 Å². The summed E-state index contributed by atoms with van der Waals surface area (Å²) >= 11 is 0. The standard InChI is InChI=1S/C6H8F3N/c1-3-5(2)10-4-6(7,8)9/h3,10H,1-2,4H2. The van der Waals surface area contributed by atoms with Crippen molar-refractivity contribution in [3.63, 3.8) is 0 Å². The molecule has 1 nitrogen and oxygen atoms in total. The summed E-state index contributed by atoms with van der Waals surface area (Å²) in [6.07, 6.45) is -2.96. The second kappa shape index (κ2) is 3.29. The lowest BCUT2D eigenvalue weighted by molar-refractivity contribution is -0.123. The molecule has 0 amide bonds. The molecule has 0 aliphatic rings. The van der Waals surface area contributed by atoms with E-state index >= 15 is 0 Å². The zero-order valence-electron chi connectivity index (χ0n) is 5.33. The molecule has 0 unspecified atom stereocenters. The van der Waals surface area contributed by atoms with Gasteiger partial charge in [-0.15, -0.1) is 0 Å². The zero-order valence-corrected chi connectivity index (χ0v) is 5.33. The third-order valence-electron chi connectivity index (χ3n) is 0.762. The minimum atomic E-state index is -4.19. The molecular weight excluding hydrogens is 143 g/mol. The van der Waals surface area contributed by atoms with E-state index < -0.39 is 12.7 Å². The highest BCUT2D eigenvalue weighted by Gasteiger charge is 2.26. The molecular formula is C6H8F3N. The number of hydrogen-bond donors (Lipinski definition) is 1. The van der Waals surface area contributed by atoms with E-state index in [-0.39, 0.29) is 5.70 Å². The van der Waals surface area contributed by atoms with Crippen LogP contribution >= 0.6 is 0 Å². The minimum absolute atomic E-state index is 0.178. The van der Waals surface area contributed by atoms with Gasteiger partial charge in [-0.25, -0.2) is 0 Å². The second-order valence-electron chi connectivity index (χ2n) is 1.70. The molecule has 0 bridgehead atoms. The first-order valence-corrected chi connectivity index (χ1v) is 2.57. The molecule has 0 aromatic carbocycles. The number of rotatable bonds is 3. The summed E-state index contributed by atoms with van der Waals surface area (Å²) in [4.78, 5) is 0. The number of alkyl halides is 3. The molecule has 0 aliphatic carbocycles. The van der Waals surface area contributed by atoms with Crippen molar-refractivity contribution in [2.45, 2.75) is 6.18 Å². The van der Waals surface area contributed by atoms with Crippen LogP contribution in [0.5, 0.6) is 0 Å². The topological polar surface area (TPSA) is 12.0 Å². The van der Waals surface area contributed by atoms with Gasteiger partial charge in [0, 0.05) is 5.70 Å². The summed E-state index contributed by atoms with van der Waals surface area (Å²) in [6, 6.07) is 0. The Morgan fingerprint density at radius 1 is 1.50 bits per heavy atom. The molecule has 0 radical (unpaired) electrons. The third-order valence-corrected chi connectivity index (χ3v) is 0.762. The van der Waals surface area contributed by atoms with Crippen molar-refractivity contribution in [3.05, 3.63) is 24.9 Å². The van der Waals surface area contributed by atoms with Crippen LogP contribution in [0.2, 0.25) is 0 Å². The monoisotopic (exact) mass is 151 g/mol. The Hall–Kier alpha value is -0.930. The van der Waals surface area contributed by atoms with Crippen molar-refractivity contribution < 1.29 is 13.2 Å². The molecule has 0 rings (SSSR count). The van der Waals surface area contributed by atoms with E-state index in [0.717, 1.165) is 0 Å². The Labute approximate surface area is 57.2 Å². The molecule has 0 heterocycles. The number of nitrogens with one attached hydrogen (secondary N) is 1. The average Bonchev–Trinajstić information content (AvgIpc) is 1.81. The van der Waals surface area contributed by atoms with E-state index in [4.69, 9.17) is 0 Å². The number of hydrogen-bond acceptors (Lipinski definition) is 1. The van der Waals surface area contributed by atoms with Crippen LogP contribution in [-0.2, 0) is 0 Å². The lowest BCUT2D eigenvalue weighted by Crippen LogP contribution is -2.27. The van der Waals surface area contributed by atoms with Gasteiger partial charge >= 0.3 is 6.18 Å². The first-order valence-electron chi connectivity index (χ1n) is 2.57. The van der Waals surface area contributed by atoms with Crippen molar-refractivity contribution >= 4 is 0 Å². The normalized spacial score (nSPS) is 10.7. The number of allylic oxidation sites excluding steroid dienone is 1. The molecule has 0 atom stereocenters. The fourth-order valence-corrected chi connectivity index (χ4v) is 0.286. The SMILES string of the molecule is C=CC(=C)NCC(F)(F)F. The summed E-state index contributed by atoms with van der Waals surface area (Å²) in [5.41, 5.74) is 0.178. The highest BCUT2D eigenvalue weighted by atomic mass is 19.4. The Morgan fingerprint density at radius 3 is 2.30 bits per heavy atom. The summed E-state index contributed by atoms with van der Waals surface area (Å²) in [6.45, 7) is 5.42. The first-order chi connectivity index (χ1) is 4.45. The molecule has 0 aromatic heterocycles. The van der Waals surface area contributed by atoms with Crippen molar-refractivity contribution in [1.82, 2.24) is 5.32 Å². The Morgan fingerprint density at radius 2 is 2.00 bits per heavy atom. The van der Waals surface area contributed by atoms with Crippen LogP contribution in [0.25, 0.3) is 0 Å². The lowest BCUT2D eigenvalue weighted by atomic mass is 10.4. The van der Waals surface area contributed by atoms with Crippen molar-refractivity contribution in [2.24, 2.45) is 0 Å². The van der Waals surface area contributed by atoms with Crippen molar-refractivity contribution in [2.75, 3.05) is 6.54 Å². The van der Waals surface area contributed by atoms with Gasteiger partial charge in [0.05, 0.1) is 0 Å². The molecule has 58 valence electrons. The van der Waals surface area contributed by atoms with E-state index in [1.807, 2.05) is 5.32 Å². The predicted octanol–water partition coefficient (Wildman–Crippen LogP) is 1.84. The molecule has 1 N–H and O–H groups in total. The first kappa shape index (κ1) is 9.07. The van der Waals surface area contributed by atoms with Gasteiger partial charge in [0.25, 0.3) is 0 Å². The van der Waals surface area contributed by atoms with Crippen molar-refractivity contribution in [1.29, 1.82) is 0 Å². The van der Waals surface area contributed by atoms with Gasteiger partial charge < -0.3 is 5.32 Å². The van der Waals surface area contributed by atoms with Crippen LogP contribution < -0.4 is 5.32 Å². The highest BCUT2D eigenvalue weighted by molar-refractivity contribution is 5.08. The van der Waals surface area contributed by atoms with E-state index in [1.54, 1.807) is 0 Å². The van der Waals surface area contributed by atoms with Crippen LogP contribution in [0.1, 0.15) is 0 Å². The molecule has 0 aromatic rings. The van der Waals surface area contributed by atoms with E-state index in [1.165, 1.54) is 6.08 Å². The minimum Gasteiger partial charge on any atom is -0.377 e. The zero-order chi connectivity index (χ0) is 8.20. The predicted molar refractivity (Wildman–Crippen MR) is 33.4 cm³/mol. The maximum absolute atomic E-state index is 11.4. The Kier molecular flexibility index (Phi) is 2.99. The van der Waals surface area contributed by atoms with Crippen LogP contribution in [0, 0.1) is 0 Å². The fourth-order valence-electron chi connectivity index (χ4n) is 0.286. The summed E-state index contributed by atoms with van der Waals surface area (Å²) in [5, 5.41) is 2.03. The van der Waals surface area contributed by atoms with Crippen molar-refractivity contribution in [3.8, 4) is 0 Å². The summed E-state index contributed by atoms with van der Waals surface area (Å²) < 4.78 is 34.2. The third kappa shape index (κ3) is 5.21. The average molecular weight is 151 g/mol.